The lowest BCUT2D eigenvalue weighted by Gasteiger charge is -2.02. The van der Waals surface area contributed by atoms with Crippen molar-refractivity contribution in [3.63, 3.8) is 0 Å². The van der Waals surface area contributed by atoms with Crippen LogP contribution in [0.1, 0.15) is 32.5 Å². The van der Waals surface area contributed by atoms with Gasteiger partial charge in [0.1, 0.15) is 5.75 Å². The highest BCUT2D eigenvalue weighted by molar-refractivity contribution is 7.98. The summed E-state index contributed by atoms with van der Waals surface area (Å²) in [4.78, 5) is 7.89. The first-order valence-corrected chi connectivity index (χ1v) is 8.79. The van der Waals surface area contributed by atoms with E-state index in [1.807, 2.05) is 29.8 Å². The molecule has 0 bridgehead atoms. The van der Waals surface area contributed by atoms with Crippen LogP contribution in [0.15, 0.2) is 23.4 Å². The summed E-state index contributed by atoms with van der Waals surface area (Å²) in [5.74, 6) is 2.41. The van der Waals surface area contributed by atoms with Crippen LogP contribution >= 0.6 is 11.8 Å². The van der Waals surface area contributed by atoms with Crippen molar-refractivity contribution in [2.75, 3.05) is 6.61 Å². The first kappa shape index (κ1) is 15.8. The average molecular weight is 332 g/mol. The van der Waals surface area contributed by atoms with Crippen molar-refractivity contribution in [3.8, 4) is 5.75 Å². The highest BCUT2D eigenvalue weighted by atomic mass is 32.2. The van der Waals surface area contributed by atoms with E-state index >= 15 is 0 Å². The lowest BCUT2D eigenvalue weighted by Crippen LogP contribution is -2.05. The minimum atomic E-state index is 0.654. The van der Waals surface area contributed by atoms with Gasteiger partial charge >= 0.3 is 0 Å². The molecule has 0 aliphatic carbocycles. The summed E-state index contributed by atoms with van der Waals surface area (Å²) in [6.45, 7) is 5.64. The zero-order chi connectivity index (χ0) is 16.1. The predicted octanol–water partition coefficient (Wildman–Crippen LogP) is 3.04. The number of rotatable bonds is 8. The quantitative estimate of drug-likeness (QED) is 0.639. The number of benzene rings is 1. The van der Waals surface area contributed by atoms with Crippen LogP contribution < -0.4 is 4.74 Å². The Bertz CT molecular complexity index is 768. The van der Waals surface area contributed by atoms with E-state index in [0.717, 1.165) is 47.2 Å². The molecular formula is C15H20N6OS. The third kappa shape index (κ3) is 3.82. The molecule has 122 valence electrons. The molecule has 0 radical (unpaired) electrons. The van der Waals surface area contributed by atoms with Crippen molar-refractivity contribution >= 4 is 22.8 Å². The number of tetrazole rings is 1. The van der Waals surface area contributed by atoms with E-state index in [1.54, 1.807) is 11.8 Å². The summed E-state index contributed by atoms with van der Waals surface area (Å²) >= 11 is 1.60. The fourth-order valence-corrected chi connectivity index (χ4v) is 3.05. The van der Waals surface area contributed by atoms with Crippen molar-refractivity contribution in [2.24, 2.45) is 0 Å². The van der Waals surface area contributed by atoms with Gasteiger partial charge in [0.25, 0.3) is 0 Å². The molecule has 8 heteroatoms. The third-order valence-corrected chi connectivity index (χ3v) is 4.28. The molecule has 3 aromatic rings. The predicted molar refractivity (Wildman–Crippen MR) is 89.5 cm³/mol. The van der Waals surface area contributed by atoms with Gasteiger partial charge in [-0.15, -0.1) is 5.10 Å². The van der Waals surface area contributed by atoms with Crippen LogP contribution in [0.4, 0.5) is 0 Å². The minimum Gasteiger partial charge on any atom is -0.494 e. The monoisotopic (exact) mass is 332 g/mol. The molecule has 7 nitrogen and oxygen atoms in total. The number of imidazole rings is 1. The Kier molecular flexibility index (Phi) is 5.12. The molecule has 0 atom stereocenters. The second-order valence-electron chi connectivity index (χ2n) is 5.11. The topological polar surface area (TPSA) is 81.5 Å². The summed E-state index contributed by atoms with van der Waals surface area (Å²) in [7, 11) is 0. The molecule has 1 aromatic carbocycles. The molecule has 0 fully saturated rings. The number of thioether (sulfide) groups is 1. The van der Waals surface area contributed by atoms with Crippen LogP contribution in [0.5, 0.6) is 5.75 Å². The number of aryl methyl sites for hydroxylation is 1. The van der Waals surface area contributed by atoms with E-state index < -0.39 is 0 Å². The number of hydrogen-bond donors (Lipinski definition) is 1. The highest BCUT2D eigenvalue weighted by Crippen LogP contribution is 2.25. The van der Waals surface area contributed by atoms with Gasteiger partial charge in [0.2, 0.25) is 0 Å². The first-order chi connectivity index (χ1) is 11.3. The Morgan fingerprint density at radius 3 is 3.04 bits per heavy atom. The van der Waals surface area contributed by atoms with E-state index in [-0.39, 0.29) is 0 Å². The SMILES string of the molecule is CCCCn1nnnc1CSc1nc2ccc(OCC)cc2[nH]1. The van der Waals surface area contributed by atoms with Crippen LogP contribution in [-0.2, 0) is 12.3 Å². The van der Waals surface area contributed by atoms with Crippen molar-refractivity contribution in [2.45, 2.75) is 44.1 Å². The number of nitrogens with one attached hydrogen (secondary N) is 1. The molecule has 0 saturated heterocycles. The maximum Gasteiger partial charge on any atom is 0.166 e. The standard InChI is InChI=1S/C15H20N6OS/c1-3-5-8-21-14(18-19-20-21)10-23-15-16-12-7-6-11(22-4-2)9-13(12)17-15/h6-7,9H,3-5,8,10H2,1-2H3,(H,16,17). The van der Waals surface area contributed by atoms with Gasteiger partial charge in [0.05, 0.1) is 23.4 Å². The number of aromatic amines is 1. The number of nitrogens with zero attached hydrogens (tertiary/aromatic N) is 5. The lowest BCUT2D eigenvalue weighted by molar-refractivity contribution is 0.340. The first-order valence-electron chi connectivity index (χ1n) is 7.80. The number of fused-ring (bicyclic) bond motifs is 1. The zero-order valence-electron chi connectivity index (χ0n) is 13.3. The number of hydrogen-bond acceptors (Lipinski definition) is 6. The van der Waals surface area contributed by atoms with Crippen molar-refractivity contribution in [1.82, 2.24) is 30.2 Å². The summed E-state index contributed by atoms with van der Waals surface area (Å²) < 4.78 is 7.38. The van der Waals surface area contributed by atoms with Gasteiger partial charge in [-0.2, -0.15) is 0 Å². The fourth-order valence-electron chi connectivity index (χ4n) is 2.23. The van der Waals surface area contributed by atoms with Crippen LogP contribution in [0, 0.1) is 0 Å². The van der Waals surface area contributed by atoms with Crippen LogP contribution in [-0.4, -0.2) is 36.8 Å². The molecule has 23 heavy (non-hydrogen) atoms. The van der Waals surface area contributed by atoms with Crippen molar-refractivity contribution < 1.29 is 4.74 Å². The molecule has 0 aliphatic heterocycles. The normalized spacial score (nSPS) is 11.2. The molecule has 0 unspecified atom stereocenters. The number of unbranched alkanes of at least 4 members (excludes halogenated alkanes) is 1. The van der Waals surface area contributed by atoms with Gasteiger partial charge in [-0.25, -0.2) is 9.67 Å². The summed E-state index contributed by atoms with van der Waals surface area (Å²) in [5.41, 5.74) is 1.91. The number of aromatic nitrogens is 6. The van der Waals surface area contributed by atoms with E-state index in [0.29, 0.717) is 12.4 Å². The number of ether oxygens (including phenoxy) is 1. The molecule has 0 saturated carbocycles. The van der Waals surface area contributed by atoms with E-state index in [9.17, 15) is 0 Å². The van der Waals surface area contributed by atoms with Gasteiger partial charge in [-0.1, -0.05) is 25.1 Å². The van der Waals surface area contributed by atoms with Crippen LogP contribution in [0.3, 0.4) is 0 Å². The van der Waals surface area contributed by atoms with E-state index in [2.05, 4.69) is 32.4 Å². The Balaban J connectivity index is 1.68. The second kappa shape index (κ2) is 7.45. The fraction of sp³-hybridized carbons (Fsp3) is 0.467. The Morgan fingerprint density at radius 2 is 2.22 bits per heavy atom. The highest BCUT2D eigenvalue weighted by Gasteiger charge is 2.09. The van der Waals surface area contributed by atoms with Gasteiger partial charge in [0, 0.05) is 12.6 Å². The minimum absolute atomic E-state index is 0.654. The molecule has 2 heterocycles. The number of H-pyrrole nitrogens is 1. The zero-order valence-corrected chi connectivity index (χ0v) is 14.1. The Hall–Kier alpha value is -2.09. The van der Waals surface area contributed by atoms with Gasteiger partial charge in [-0.05, 0) is 35.9 Å². The van der Waals surface area contributed by atoms with Crippen LogP contribution in [0.2, 0.25) is 0 Å². The summed E-state index contributed by atoms with van der Waals surface area (Å²) in [5, 5.41) is 12.8. The lowest BCUT2D eigenvalue weighted by atomic mass is 10.3. The maximum atomic E-state index is 5.51. The van der Waals surface area contributed by atoms with Crippen molar-refractivity contribution in [3.05, 3.63) is 24.0 Å². The van der Waals surface area contributed by atoms with E-state index in [1.165, 1.54) is 0 Å². The van der Waals surface area contributed by atoms with Gasteiger partial charge in [-0.3, -0.25) is 0 Å². The molecule has 2 aromatic heterocycles. The summed E-state index contributed by atoms with van der Waals surface area (Å²) in [6, 6.07) is 5.87. The van der Waals surface area contributed by atoms with Crippen molar-refractivity contribution in [1.29, 1.82) is 0 Å². The molecule has 0 aliphatic rings. The molecule has 1 N–H and O–H groups in total. The smallest absolute Gasteiger partial charge is 0.166 e. The maximum absolute atomic E-state index is 5.51. The second-order valence-corrected chi connectivity index (χ2v) is 6.08. The average Bonchev–Trinajstić information content (AvgIpc) is 3.16. The molecule has 0 spiro atoms. The molecule has 0 amide bonds. The summed E-state index contributed by atoms with van der Waals surface area (Å²) in [6.07, 6.45) is 2.20. The molecule has 3 rings (SSSR count). The van der Waals surface area contributed by atoms with Gasteiger partial charge in [0.15, 0.2) is 11.0 Å². The van der Waals surface area contributed by atoms with Gasteiger partial charge < -0.3 is 9.72 Å². The third-order valence-electron chi connectivity index (χ3n) is 3.41. The Morgan fingerprint density at radius 1 is 1.30 bits per heavy atom. The largest absolute Gasteiger partial charge is 0.494 e. The van der Waals surface area contributed by atoms with E-state index in [4.69, 9.17) is 4.74 Å². The Labute approximate surface area is 138 Å². The molecular weight excluding hydrogens is 312 g/mol. The van der Waals surface area contributed by atoms with Crippen LogP contribution in [0.25, 0.3) is 11.0 Å².